The molecule has 2 nitrogen and oxygen atoms in total. The van der Waals surface area contributed by atoms with Gasteiger partial charge in [0, 0.05) is 18.8 Å². The Morgan fingerprint density at radius 1 is 1.57 bits per heavy atom. The van der Waals surface area contributed by atoms with Gasteiger partial charge in [0.2, 0.25) is 0 Å². The van der Waals surface area contributed by atoms with Gasteiger partial charge in [0.15, 0.2) is 0 Å². The van der Waals surface area contributed by atoms with Crippen LogP contribution in [0.25, 0.3) is 0 Å². The summed E-state index contributed by atoms with van der Waals surface area (Å²) in [4.78, 5) is 11.7. The summed E-state index contributed by atoms with van der Waals surface area (Å²) in [6.45, 7) is 1.70. The topological polar surface area (TPSA) is 26.3 Å². The highest BCUT2D eigenvalue weighted by molar-refractivity contribution is 8.76. The molecular weight excluding hydrogens is 216 g/mol. The van der Waals surface area contributed by atoms with Crippen molar-refractivity contribution in [3.05, 3.63) is 29.8 Å². The molecule has 0 aliphatic rings. The van der Waals surface area contributed by atoms with Gasteiger partial charge in [0.25, 0.3) is 0 Å². The molecule has 0 radical (unpaired) electrons. The molecule has 0 aliphatic heterocycles. The normalized spacial score (nSPS) is 10.8. The number of hydrogen-bond donors (Lipinski definition) is 0. The SMILES string of the molecule is [2H]CSSc1ccccc1COC(C)=O. The van der Waals surface area contributed by atoms with E-state index in [-0.39, 0.29) is 5.97 Å². The van der Waals surface area contributed by atoms with Gasteiger partial charge in [-0.15, -0.1) is 0 Å². The van der Waals surface area contributed by atoms with Crippen molar-refractivity contribution in [2.75, 3.05) is 6.23 Å². The summed E-state index contributed by atoms with van der Waals surface area (Å²) in [5.41, 5.74) is 0.985. The number of hydrogen-bond acceptors (Lipinski definition) is 4. The summed E-state index contributed by atoms with van der Waals surface area (Å²) in [6.07, 6.45) is 0.312. The maximum Gasteiger partial charge on any atom is 0.302 e. The zero-order valence-corrected chi connectivity index (χ0v) is 9.49. The minimum Gasteiger partial charge on any atom is -0.461 e. The van der Waals surface area contributed by atoms with Crippen molar-refractivity contribution < 1.29 is 10.9 Å². The van der Waals surface area contributed by atoms with E-state index in [1.807, 2.05) is 24.3 Å². The van der Waals surface area contributed by atoms with E-state index in [1.54, 1.807) is 0 Å². The largest absolute Gasteiger partial charge is 0.461 e. The Hall–Kier alpha value is -0.610. The van der Waals surface area contributed by atoms with Crippen molar-refractivity contribution in [2.45, 2.75) is 18.4 Å². The molecule has 0 fully saturated rings. The third-order valence-electron chi connectivity index (χ3n) is 1.55. The summed E-state index contributed by atoms with van der Waals surface area (Å²) in [7, 11) is 2.99. The molecule has 0 atom stereocenters. The first-order valence-corrected chi connectivity index (χ1v) is 6.36. The summed E-state index contributed by atoms with van der Waals surface area (Å²) >= 11 is 0. The van der Waals surface area contributed by atoms with Gasteiger partial charge in [0.1, 0.15) is 6.61 Å². The molecule has 14 heavy (non-hydrogen) atoms. The van der Waals surface area contributed by atoms with Gasteiger partial charge in [-0.3, -0.25) is 4.79 Å². The lowest BCUT2D eigenvalue weighted by atomic mass is 10.2. The molecule has 0 N–H and O–H groups in total. The second-order valence-corrected chi connectivity index (χ2v) is 4.64. The van der Waals surface area contributed by atoms with Gasteiger partial charge in [0.05, 0.1) is 0 Å². The molecule has 0 bridgehead atoms. The average Bonchev–Trinajstić information content (AvgIpc) is 2.24. The maximum atomic E-state index is 10.7. The van der Waals surface area contributed by atoms with E-state index in [4.69, 9.17) is 6.11 Å². The van der Waals surface area contributed by atoms with Crippen LogP contribution < -0.4 is 0 Å². The van der Waals surface area contributed by atoms with Crippen LogP contribution in [0.3, 0.4) is 0 Å². The van der Waals surface area contributed by atoms with Crippen LogP contribution in [0.2, 0.25) is 0 Å². The minimum absolute atomic E-state index is 0.275. The van der Waals surface area contributed by atoms with Gasteiger partial charge >= 0.3 is 5.97 Å². The lowest BCUT2D eigenvalue weighted by molar-refractivity contribution is -0.142. The Kier molecular flexibility index (Phi) is 4.24. The van der Waals surface area contributed by atoms with E-state index in [9.17, 15) is 4.79 Å². The first-order chi connectivity index (χ1) is 7.24. The van der Waals surface area contributed by atoms with Crippen LogP contribution in [-0.4, -0.2) is 12.2 Å². The molecule has 0 saturated carbocycles. The fourth-order valence-electron chi connectivity index (χ4n) is 0.947. The monoisotopic (exact) mass is 229 g/mol. The summed E-state index contributed by atoms with van der Waals surface area (Å²) in [5.74, 6) is -0.275. The molecule has 0 heterocycles. The first-order valence-electron chi connectivity index (χ1n) is 4.74. The number of carbonyl (C=O) groups is 1. The Bertz CT molecular complexity index is 331. The quantitative estimate of drug-likeness (QED) is 0.585. The highest BCUT2D eigenvalue weighted by Gasteiger charge is 2.03. The number of esters is 1. The zero-order valence-electron chi connectivity index (χ0n) is 8.86. The van der Waals surface area contributed by atoms with Crippen LogP contribution in [0, 0.1) is 0 Å². The zero-order chi connectivity index (χ0) is 11.1. The van der Waals surface area contributed by atoms with E-state index >= 15 is 0 Å². The predicted octanol–water partition coefficient (Wildman–Crippen LogP) is 3.12. The van der Waals surface area contributed by atoms with E-state index in [0.29, 0.717) is 12.8 Å². The molecular formula is C10H12O2S2. The Morgan fingerprint density at radius 2 is 2.36 bits per heavy atom. The van der Waals surface area contributed by atoms with E-state index in [0.717, 1.165) is 10.5 Å². The molecule has 0 amide bonds. The smallest absolute Gasteiger partial charge is 0.302 e. The first kappa shape index (κ1) is 9.93. The van der Waals surface area contributed by atoms with Crippen molar-refractivity contribution in [1.29, 1.82) is 0 Å². The molecule has 1 aromatic carbocycles. The average molecular weight is 229 g/mol. The predicted molar refractivity (Wildman–Crippen MR) is 61.3 cm³/mol. The number of ether oxygens (including phenoxy) is 1. The Morgan fingerprint density at radius 3 is 3.07 bits per heavy atom. The second kappa shape index (κ2) is 5.98. The fourth-order valence-corrected chi connectivity index (χ4v) is 2.31. The lowest BCUT2D eigenvalue weighted by Crippen LogP contribution is -1.99. The molecule has 1 rings (SSSR count). The molecule has 0 unspecified atom stereocenters. The standard InChI is InChI=1S/C10H12O2S2/c1-8(11)12-7-9-5-3-4-6-10(9)14-13-2/h3-6H,7H2,1-2H3/i2D. The third-order valence-corrected chi connectivity index (χ3v) is 3.14. The summed E-state index contributed by atoms with van der Waals surface area (Å²) in [5, 5.41) is 0. The van der Waals surface area contributed by atoms with Crippen LogP contribution in [-0.2, 0) is 16.1 Å². The van der Waals surface area contributed by atoms with Gasteiger partial charge in [-0.2, -0.15) is 0 Å². The van der Waals surface area contributed by atoms with Gasteiger partial charge in [-0.25, -0.2) is 0 Å². The van der Waals surface area contributed by atoms with Crippen molar-refractivity contribution in [2.24, 2.45) is 0 Å². The van der Waals surface area contributed by atoms with Crippen LogP contribution >= 0.6 is 21.6 Å². The molecule has 1 aromatic rings. The van der Waals surface area contributed by atoms with Crippen LogP contribution in [0.4, 0.5) is 0 Å². The fraction of sp³-hybridized carbons (Fsp3) is 0.300. The van der Waals surface area contributed by atoms with Gasteiger partial charge < -0.3 is 4.74 Å². The van der Waals surface area contributed by atoms with Crippen LogP contribution in [0.15, 0.2) is 29.2 Å². The van der Waals surface area contributed by atoms with E-state index in [2.05, 4.69) is 0 Å². The number of rotatable bonds is 4. The van der Waals surface area contributed by atoms with Crippen molar-refractivity contribution in [3.63, 3.8) is 0 Å². The molecule has 0 saturated heterocycles. The molecule has 4 heteroatoms. The van der Waals surface area contributed by atoms with Crippen LogP contribution in [0.1, 0.15) is 13.9 Å². The maximum absolute atomic E-state index is 10.7. The summed E-state index contributed by atoms with van der Waals surface area (Å²) in [6, 6.07) is 7.74. The van der Waals surface area contributed by atoms with Crippen LogP contribution in [0.5, 0.6) is 0 Å². The Balaban J connectivity index is 2.63. The van der Waals surface area contributed by atoms with Crippen molar-refractivity contribution in [1.82, 2.24) is 0 Å². The highest BCUT2D eigenvalue weighted by Crippen LogP contribution is 2.31. The molecule has 0 aliphatic carbocycles. The number of carbonyl (C=O) groups excluding carboxylic acids is 1. The number of benzene rings is 1. The third kappa shape index (κ3) is 3.64. The van der Waals surface area contributed by atoms with Crippen molar-refractivity contribution in [3.8, 4) is 0 Å². The Labute approximate surface area is 93.2 Å². The van der Waals surface area contributed by atoms with Crippen molar-refractivity contribution >= 4 is 27.6 Å². The molecule has 76 valence electrons. The van der Waals surface area contributed by atoms with E-state index < -0.39 is 0 Å². The highest BCUT2D eigenvalue weighted by atomic mass is 33.1. The summed E-state index contributed by atoms with van der Waals surface area (Å²) < 4.78 is 12.0. The van der Waals surface area contributed by atoms with E-state index in [1.165, 1.54) is 28.5 Å². The second-order valence-electron chi connectivity index (χ2n) is 2.59. The molecule has 0 aromatic heterocycles. The minimum atomic E-state index is -0.275. The molecule has 0 spiro atoms. The van der Waals surface area contributed by atoms with Gasteiger partial charge in [-0.05, 0) is 12.3 Å². The lowest BCUT2D eigenvalue weighted by Gasteiger charge is -2.06. The van der Waals surface area contributed by atoms with Gasteiger partial charge in [-0.1, -0.05) is 39.8 Å².